The quantitative estimate of drug-likeness (QED) is 0.536. The number of nitrogens with one attached hydrogen (secondary N) is 3. The average Bonchev–Trinajstić information content (AvgIpc) is 2.63. The summed E-state index contributed by atoms with van der Waals surface area (Å²) in [5.41, 5.74) is 0.914. The van der Waals surface area contributed by atoms with E-state index in [0.717, 1.165) is 0 Å². The van der Waals surface area contributed by atoms with E-state index in [-0.39, 0.29) is 18.1 Å². The molecule has 0 aliphatic carbocycles. The van der Waals surface area contributed by atoms with Crippen molar-refractivity contribution >= 4 is 16.9 Å². The largest absolute Gasteiger partial charge is 0.379 e. The molecule has 2 aromatic rings. The SMILES string of the molecule is CC(C)=CCO[C@@H]1CCOC[C@@H]1NC(=O)c1ccc2[nH]c(=O)c(=O)[nH]c2c1. The minimum atomic E-state index is -0.756. The molecule has 1 amide bonds. The van der Waals surface area contributed by atoms with Crippen LogP contribution in [-0.4, -0.2) is 47.8 Å². The molecule has 0 unspecified atom stereocenters. The van der Waals surface area contributed by atoms with E-state index in [1.165, 1.54) is 11.6 Å². The van der Waals surface area contributed by atoms with Crippen LogP contribution in [-0.2, 0) is 9.47 Å². The van der Waals surface area contributed by atoms with Crippen molar-refractivity contribution in [1.82, 2.24) is 15.3 Å². The molecule has 0 radical (unpaired) electrons. The zero-order valence-corrected chi connectivity index (χ0v) is 15.3. The Bertz CT molecular complexity index is 971. The lowest BCUT2D eigenvalue weighted by atomic mass is 10.1. The van der Waals surface area contributed by atoms with E-state index in [1.54, 1.807) is 12.1 Å². The van der Waals surface area contributed by atoms with E-state index in [0.29, 0.717) is 42.8 Å². The van der Waals surface area contributed by atoms with Crippen molar-refractivity contribution in [2.75, 3.05) is 19.8 Å². The van der Waals surface area contributed by atoms with E-state index in [2.05, 4.69) is 15.3 Å². The lowest BCUT2D eigenvalue weighted by Crippen LogP contribution is -2.50. The van der Waals surface area contributed by atoms with Gasteiger partial charge in [0.05, 0.1) is 36.4 Å². The third-order valence-corrected chi connectivity index (χ3v) is 4.40. The Balaban J connectivity index is 1.73. The first-order valence-electron chi connectivity index (χ1n) is 8.84. The van der Waals surface area contributed by atoms with Crippen molar-refractivity contribution in [2.24, 2.45) is 0 Å². The second-order valence-corrected chi connectivity index (χ2v) is 6.77. The molecule has 144 valence electrons. The highest BCUT2D eigenvalue weighted by molar-refractivity contribution is 5.97. The molecule has 8 heteroatoms. The van der Waals surface area contributed by atoms with Crippen molar-refractivity contribution in [1.29, 1.82) is 0 Å². The maximum absolute atomic E-state index is 12.6. The molecule has 1 aromatic heterocycles. The number of carbonyl (C=O) groups excluding carboxylic acids is 1. The Morgan fingerprint density at radius 2 is 2.00 bits per heavy atom. The molecule has 1 saturated heterocycles. The van der Waals surface area contributed by atoms with Crippen LogP contribution in [0.5, 0.6) is 0 Å². The van der Waals surface area contributed by atoms with Gasteiger partial charge in [-0.05, 0) is 38.5 Å². The summed E-state index contributed by atoms with van der Waals surface area (Å²) in [6.07, 6.45) is 2.57. The highest BCUT2D eigenvalue weighted by Crippen LogP contribution is 2.14. The van der Waals surface area contributed by atoms with Crippen molar-refractivity contribution in [2.45, 2.75) is 32.4 Å². The van der Waals surface area contributed by atoms with Crippen LogP contribution in [0.3, 0.4) is 0 Å². The third kappa shape index (κ3) is 4.72. The minimum Gasteiger partial charge on any atom is -0.379 e. The fourth-order valence-electron chi connectivity index (χ4n) is 2.90. The number of aromatic amines is 2. The second-order valence-electron chi connectivity index (χ2n) is 6.77. The Hall–Kier alpha value is -2.71. The van der Waals surface area contributed by atoms with Gasteiger partial charge < -0.3 is 24.8 Å². The lowest BCUT2D eigenvalue weighted by molar-refractivity contribution is -0.0457. The number of ether oxygens (including phenoxy) is 2. The van der Waals surface area contributed by atoms with Crippen LogP contribution >= 0.6 is 0 Å². The lowest BCUT2D eigenvalue weighted by Gasteiger charge is -2.31. The van der Waals surface area contributed by atoms with Crippen LogP contribution < -0.4 is 16.4 Å². The predicted molar refractivity (Wildman–Crippen MR) is 101 cm³/mol. The minimum absolute atomic E-state index is 0.130. The molecule has 0 bridgehead atoms. The van der Waals surface area contributed by atoms with Crippen LogP contribution in [0, 0.1) is 0 Å². The normalized spacial score (nSPS) is 19.6. The predicted octanol–water partition coefficient (Wildman–Crippen LogP) is 1.09. The van der Waals surface area contributed by atoms with Gasteiger partial charge in [0.25, 0.3) is 5.91 Å². The first-order chi connectivity index (χ1) is 12.9. The molecule has 8 nitrogen and oxygen atoms in total. The maximum atomic E-state index is 12.6. The van der Waals surface area contributed by atoms with E-state index < -0.39 is 11.1 Å². The van der Waals surface area contributed by atoms with Gasteiger partial charge >= 0.3 is 11.1 Å². The van der Waals surface area contributed by atoms with Gasteiger partial charge in [0.1, 0.15) is 0 Å². The smallest absolute Gasteiger partial charge is 0.314 e. The molecule has 1 aromatic carbocycles. The first-order valence-corrected chi connectivity index (χ1v) is 8.84. The number of aromatic nitrogens is 2. The fourth-order valence-corrected chi connectivity index (χ4v) is 2.90. The number of rotatable bonds is 5. The van der Waals surface area contributed by atoms with Crippen LogP contribution in [0.4, 0.5) is 0 Å². The summed E-state index contributed by atoms with van der Waals surface area (Å²) in [4.78, 5) is 40.4. The molecule has 27 heavy (non-hydrogen) atoms. The van der Waals surface area contributed by atoms with Crippen LogP contribution in [0.25, 0.3) is 11.0 Å². The molecular formula is C19H23N3O5. The van der Waals surface area contributed by atoms with Crippen molar-refractivity contribution < 1.29 is 14.3 Å². The van der Waals surface area contributed by atoms with E-state index in [1.807, 2.05) is 19.9 Å². The third-order valence-electron chi connectivity index (χ3n) is 4.40. The molecule has 3 N–H and O–H groups in total. The van der Waals surface area contributed by atoms with Crippen LogP contribution in [0.1, 0.15) is 30.6 Å². The Labute approximate surface area is 155 Å². The Kier molecular flexibility index (Phi) is 5.88. The van der Waals surface area contributed by atoms with E-state index in [4.69, 9.17) is 9.47 Å². The van der Waals surface area contributed by atoms with Crippen molar-refractivity contribution in [3.63, 3.8) is 0 Å². The molecule has 0 spiro atoms. The van der Waals surface area contributed by atoms with Gasteiger partial charge in [-0.15, -0.1) is 0 Å². The van der Waals surface area contributed by atoms with Gasteiger partial charge in [-0.1, -0.05) is 11.6 Å². The number of hydrogen-bond acceptors (Lipinski definition) is 5. The molecule has 1 aliphatic heterocycles. The van der Waals surface area contributed by atoms with Crippen molar-refractivity contribution in [3.05, 3.63) is 56.1 Å². The molecule has 2 atom stereocenters. The summed E-state index contributed by atoms with van der Waals surface area (Å²) < 4.78 is 11.4. The number of carbonyl (C=O) groups is 1. The van der Waals surface area contributed by atoms with Gasteiger partial charge in [-0.2, -0.15) is 0 Å². The molecule has 1 fully saturated rings. The number of benzene rings is 1. The summed E-state index contributed by atoms with van der Waals surface area (Å²) in [7, 11) is 0. The Morgan fingerprint density at radius 3 is 2.74 bits per heavy atom. The summed E-state index contributed by atoms with van der Waals surface area (Å²) >= 11 is 0. The molecule has 1 aliphatic rings. The standard InChI is InChI=1S/C19H23N3O5/c1-11(2)5-8-27-16-6-7-26-10-15(16)22-17(23)12-3-4-13-14(9-12)21-19(25)18(24)20-13/h3-5,9,15-16H,6-8,10H2,1-2H3,(H,20,24)(H,21,25)(H,22,23)/t15-,16+/m0/s1. The molecular weight excluding hydrogens is 350 g/mol. The zero-order chi connectivity index (χ0) is 19.4. The van der Waals surface area contributed by atoms with Crippen molar-refractivity contribution in [3.8, 4) is 0 Å². The second kappa shape index (κ2) is 8.32. The fraction of sp³-hybridized carbons (Fsp3) is 0.421. The summed E-state index contributed by atoms with van der Waals surface area (Å²) in [5.74, 6) is -0.296. The van der Waals surface area contributed by atoms with Gasteiger partial charge in [-0.25, -0.2) is 0 Å². The zero-order valence-electron chi connectivity index (χ0n) is 15.3. The number of hydrogen-bond donors (Lipinski definition) is 3. The molecule has 0 saturated carbocycles. The van der Waals surface area contributed by atoms with Gasteiger partial charge in [0.2, 0.25) is 0 Å². The summed E-state index contributed by atoms with van der Waals surface area (Å²) in [6.45, 7) is 5.47. The van der Waals surface area contributed by atoms with Gasteiger partial charge in [-0.3, -0.25) is 14.4 Å². The number of amides is 1. The molecule has 3 rings (SSSR count). The van der Waals surface area contributed by atoms with Crippen LogP contribution in [0.15, 0.2) is 39.4 Å². The maximum Gasteiger partial charge on any atom is 0.314 e. The highest BCUT2D eigenvalue weighted by Gasteiger charge is 2.28. The number of fused-ring (bicyclic) bond motifs is 1. The number of H-pyrrole nitrogens is 2. The van der Waals surface area contributed by atoms with Crippen LogP contribution in [0.2, 0.25) is 0 Å². The van der Waals surface area contributed by atoms with Gasteiger partial charge in [0, 0.05) is 12.2 Å². The number of allylic oxidation sites excluding steroid dienone is 1. The topological polar surface area (TPSA) is 113 Å². The van der Waals surface area contributed by atoms with Gasteiger partial charge in [0.15, 0.2) is 0 Å². The average molecular weight is 373 g/mol. The van der Waals surface area contributed by atoms with E-state index in [9.17, 15) is 14.4 Å². The summed E-state index contributed by atoms with van der Waals surface area (Å²) in [6, 6.07) is 4.45. The molecule has 2 heterocycles. The van der Waals surface area contributed by atoms with E-state index >= 15 is 0 Å². The summed E-state index contributed by atoms with van der Waals surface area (Å²) in [5, 5.41) is 2.94. The monoisotopic (exact) mass is 373 g/mol. The highest BCUT2D eigenvalue weighted by atomic mass is 16.5. The Morgan fingerprint density at radius 1 is 1.26 bits per heavy atom. The first kappa shape index (κ1) is 19.1.